The topological polar surface area (TPSA) is 145 Å². The number of benzene rings is 1. The number of sulfonamides is 1. The number of anilines is 1. The van der Waals surface area contributed by atoms with Crippen LogP contribution in [-0.2, 0) is 14.8 Å². The number of likely N-dealkylation sites (tertiary alicyclic amines) is 1. The fourth-order valence-corrected chi connectivity index (χ4v) is 3.59. The van der Waals surface area contributed by atoms with Crippen LogP contribution in [0.3, 0.4) is 0 Å². The predicted octanol–water partition coefficient (Wildman–Crippen LogP) is 2.58. The molecule has 0 aliphatic carbocycles. The average Bonchev–Trinajstić information content (AvgIpc) is 2.57. The van der Waals surface area contributed by atoms with Crippen molar-refractivity contribution < 1.29 is 27.3 Å². The molecule has 3 N–H and O–H groups in total. The Hall–Kier alpha value is -2.47. The Bertz CT molecular complexity index is 900. The molecule has 12 heteroatoms. The van der Waals surface area contributed by atoms with Gasteiger partial charge in [0.2, 0.25) is 10.0 Å². The van der Waals surface area contributed by atoms with Crippen LogP contribution in [-0.4, -0.2) is 49.1 Å². The van der Waals surface area contributed by atoms with Gasteiger partial charge in [0, 0.05) is 19.2 Å². The lowest BCUT2D eigenvalue weighted by Crippen LogP contribution is -2.49. The number of rotatable bonds is 5. The molecular formula is C17H25FN4O6S. The van der Waals surface area contributed by atoms with Crippen molar-refractivity contribution in [2.45, 2.75) is 56.6 Å². The van der Waals surface area contributed by atoms with Crippen molar-refractivity contribution in [2.24, 2.45) is 5.14 Å². The molecule has 162 valence electrons. The Morgan fingerprint density at radius 1 is 1.41 bits per heavy atom. The Morgan fingerprint density at radius 2 is 2.07 bits per heavy atom. The SMILES string of the molecule is CC(C)(C)OC(=O)N1CCCCC1CNc1c(F)cc(S(N)(=O)=O)cc1[N+](=O)[O-]. The first-order chi connectivity index (χ1) is 13.3. The van der Waals surface area contributed by atoms with Crippen molar-refractivity contribution in [1.29, 1.82) is 0 Å². The van der Waals surface area contributed by atoms with Crippen LogP contribution < -0.4 is 10.5 Å². The van der Waals surface area contributed by atoms with Crippen LogP contribution in [0.5, 0.6) is 0 Å². The number of amides is 1. The fourth-order valence-electron chi connectivity index (χ4n) is 3.04. The first kappa shape index (κ1) is 22.8. The lowest BCUT2D eigenvalue weighted by Gasteiger charge is -2.37. The smallest absolute Gasteiger partial charge is 0.410 e. The van der Waals surface area contributed by atoms with E-state index in [0.717, 1.165) is 12.8 Å². The minimum absolute atomic E-state index is 0.0335. The van der Waals surface area contributed by atoms with Crippen LogP contribution >= 0.6 is 0 Å². The third kappa shape index (κ3) is 6.00. The van der Waals surface area contributed by atoms with E-state index in [1.807, 2.05) is 0 Å². The number of ether oxygens (including phenoxy) is 1. The molecule has 1 aliphatic heterocycles. The Kier molecular flexibility index (Phi) is 6.68. The summed E-state index contributed by atoms with van der Waals surface area (Å²) >= 11 is 0. The van der Waals surface area contributed by atoms with Crippen LogP contribution in [0.4, 0.5) is 20.6 Å². The lowest BCUT2D eigenvalue weighted by atomic mass is 10.0. The van der Waals surface area contributed by atoms with Gasteiger partial charge in [-0.05, 0) is 46.1 Å². The molecule has 0 aromatic heterocycles. The Morgan fingerprint density at radius 3 is 2.62 bits per heavy atom. The van der Waals surface area contributed by atoms with Gasteiger partial charge in [0.05, 0.1) is 15.9 Å². The van der Waals surface area contributed by atoms with E-state index in [2.05, 4.69) is 5.32 Å². The highest BCUT2D eigenvalue weighted by Gasteiger charge is 2.31. The highest BCUT2D eigenvalue weighted by molar-refractivity contribution is 7.89. The minimum Gasteiger partial charge on any atom is -0.444 e. The molecule has 2 rings (SSSR count). The summed E-state index contributed by atoms with van der Waals surface area (Å²) < 4.78 is 42.7. The number of hydrogen-bond acceptors (Lipinski definition) is 7. The Labute approximate surface area is 168 Å². The van der Waals surface area contributed by atoms with Crippen LogP contribution in [0.2, 0.25) is 0 Å². The third-order valence-electron chi connectivity index (χ3n) is 4.34. The van der Waals surface area contributed by atoms with Gasteiger partial charge >= 0.3 is 6.09 Å². The van der Waals surface area contributed by atoms with Crippen LogP contribution in [0.1, 0.15) is 40.0 Å². The van der Waals surface area contributed by atoms with E-state index in [4.69, 9.17) is 9.88 Å². The number of hydrogen-bond donors (Lipinski definition) is 2. The van der Waals surface area contributed by atoms with Crippen LogP contribution in [0, 0.1) is 15.9 Å². The molecule has 1 fully saturated rings. The van der Waals surface area contributed by atoms with Gasteiger partial charge in [0.25, 0.3) is 5.69 Å². The second-order valence-electron chi connectivity index (χ2n) is 7.81. The molecule has 1 heterocycles. The van der Waals surface area contributed by atoms with Crippen molar-refractivity contribution in [2.75, 3.05) is 18.4 Å². The van der Waals surface area contributed by atoms with Gasteiger partial charge in [-0.15, -0.1) is 0 Å². The van der Waals surface area contributed by atoms with E-state index in [9.17, 15) is 27.7 Å². The highest BCUT2D eigenvalue weighted by Crippen LogP contribution is 2.31. The molecule has 1 aromatic rings. The number of nitro groups is 1. The molecule has 0 radical (unpaired) electrons. The molecule has 10 nitrogen and oxygen atoms in total. The second kappa shape index (κ2) is 8.49. The van der Waals surface area contributed by atoms with E-state index in [0.29, 0.717) is 25.1 Å². The van der Waals surface area contributed by atoms with Gasteiger partial charge in [-0.3, -0.25) is 10.1 Å². The number of piperidine rings is 1. The molecule has 1 amide bonds. The number of nitrogens with two attached hydrogens (primary N) is 1. The molecule has 1 atom stereocenters. The summed E-state index contributed by atoms with van der Waals surface area (Å²) in [5.74, 6) is -1.12. The summed E-state index contributed by atoms with van der Waals surface area (Å²) in [6.07, 6.45) is 1.72. The lowest BCUT2D eigenvalue weighted by molar-refractivity contribution is -0.384. The average molecular weight is 432 g/mol. The van der Waals surface area contributed by atoms with Crippen molar-refractivity contribution in [3.63, 3.8) is 0 Å². The van der Waals surface area contributed by atoms with Crippen LogP contribution in [0.15, 0.2) is 17.0 Å². The van der Waals surface area contributed by atoms with Crippen molar-refractivity contribution in [3.8, 4) is 0 Å². The number of carbonyl (C=O) groups excluding carboxylic acids is 1. The highest BCUT2D eigenvalue weighted by atomic mass is 32.2. The van der Waals surface area contributed by atoms with Gasteiger partial charge in [0.15, 0.2) is 5.82 Å². The predicted molar refractivity (Wildman–Crippen MR) is 103 cm³/mol. The first-order valence-electron chi connectivity index (χ1n) is 9.04. The number of nitrogens with one attached hydrogen (secondary N) is 1. The second-order valence-corrected chi connectivity index (χ2v) is 9.37. The zero-order valence-electron chi connectivity index (χ0n) is 16.5. The quantitative estimate of drug-likeness (QED) is 0.537. The number of halogens is 1. The van der Waals surface area contributed by atoms with E-state index in [-0.39, 0.29) is 12.6 Å². The normalized spacial score (nSPS) is 17.7. The maximum atomic E-state index is 14.4. The fraction of sp³-hybridized carbons (Fsp3) is 0.588. The summed E-state index contributed by atoms with van der Waals surface area (Å²) in [5, 5.41) is 18.9. The summed E-state index contributed by atoms with van der Waals surface area (Å²) in [6, 6.07) is 0.959. The van der Waals surface area contributed by atoms with Gasteiger partial charge in [-0.1, -0.05) is 0 Å². The largest absolute Gasteiger partial charge is 0.444 e. The molecule has 1 unspecified atom stereocenters. The van der Waals surface area contributed by atoms with Gasteiger partial charge < -0.3 is 15.0 Å². The molecule has 29 heavy (non-hydrogen) atoms. The first-order valence-corrected chi connectivity index (χ1v) is 10.6. The zero-order valence-corrected chi connectivity index (χ0v) is 17.3. The van der Waals surface area contributed by atoms with Crippen molar-refractivity contribution >= 4 is 27.5 Å². The number of nitrogens with zero attached hydrogens (tertiary/aromatic N) is 2. The maximum absolute atomic E-state index is 14.4. The third-order valence-corrected chi connectivity index (χ3v) is 5.23. The molecule has 1 saturated heterocycles. The minimum atomic E-state index is -4.31. The summed E-state index contributed by atoms with van der Waals surface area (Å²) in [5.41, 5.74) is -1.90. The maximum Gasteiger partial charge on any atom is 0.410 e. The van der Waals surface area contributed by atoms with Gasteiger partial charge in [0.1, 0.15) is 11.3 Å². The molecule has 0 saturated carbocycles. The number of carbonyl (C=O) groups is 1. The van der Waals surface area contributed by atoms with Crippen molar-refractivity contribution in [1.82, 2.24) is 4.90 Å². The summed E-state index contributed by atoms with van der Waals surface area (Å²) in [4.78, 5) is 23.7. The molecule has 1 aromatic carbocycles. The number of nitro benzene ring substituents is 1. The van der Waals surface area contributed by atoms with Gasteiger partial charge in [-0.2, -0.15) is 0 Å². The van der Waals surface area contributed by atoms with Gasteiger partial charge in [-0.25, -0.2) is 22.7 Å². The summed E-state index contributed by atoms with van der Waals surface area (Å²) in [7, 11) is -4.31. The van der Waals surface area contributed by atoms with E-state index in [1.54, 1.807) is 20.8 Å². The molecule has 0 bridgehead atoms. The molecule has 0 spiro atoms. The number of primary sulfonamides is 1. The molecular weight excluding hydrogens is 407 g/mol. The van der Waals surface area contributed by atoms with E-state index < -0.39 is 48.7 Å². The standard InChI is InChI=1S/C17H25FN4O6S/c1-17(2,3)28-16(23)21-7-5-4-6-11(21)10-20-15-13(18)8-12(29(19,26)27)9-14(15)22(24)25/h8-9,11,20H,4-7,10H2,1-3H3,(H2,19,26,27). The Balaban J connectivity index is 2.25. The van der Waals surface area contributed by atoms with Crippen molar-refractivity contribution in [3.05, 3.63) is 28.1 Å². The molecule has 1 aliphatic rings. The monoisotopic (exact) mass is 432 g/mol. The zero-order chi connectivity index (χ0) is 22.0. The van der Waals surface area contributed by atoms with E-state index in [1.165, 1.54) is 4.90 Å². The van der Waals surface area contributed by atoms with Crippen LogP contribution in [0.25, 0.3) is 0 Å². The van der Waals surface area contributed by atoms with E-state index >= 15 is 0 Å². The summed E-state index contributed by atoms with van der Waals surface area (Å²) in [6.45, 7) is 5.72.